The molecular formula is C15H16O4S. The smallest absolute Gasteiger partial charge is 0.349 e. The Bertz CT molecular complexity index is 586. The second kappa shape index (κ2) is 6.43. The van der Waals surface area contributed by atoms with Gasteiger partial charge < -0.3 is 14.6 Å². The molecule has 0 atom stereocenters. The molecule has 1 heterocycles. The molecule has 20 heavy (non-hydrogen) atoms. The highest BCUT2D eigenvalue weighted by Gasteiger charge is 2.15. The van der Waals surface area contributed by atoms with Crippen molar-refractivity contribution in [1.82, 2.24) is 0 Å². The molecule has 2 rings (SSSR count). The van der Waals surface area contributed by atoms with Crippen LogP contribution in [0.25, 0.3) is 0 Å². The Hall–Kier alpha value is -2.01. The molecule has 0 aliphatic heterocycles. The second-order valence-corrected chi connectivity index (χ2v) is 5.62. The number of benzene rings is 1. The Morgan fingerprint density at radius 1 is 1.15 bits per heavy atom. The monoisotopic (exact) mass is 292 g/mol. The van der Waals surface area contributed by atoms with Gasteiger partial charge in [-0.1, -0.05) is 17.7 Å². The number of hydrogen-bond acceptors (Lipinski definition) is 4. The zero-order chi connectivity index (χ0) is 14.5. The topological polar surface area (TPSA) is 55.8 Å². The van der Waals surface area contributed by atoms with Crippen molar-refractivity contribution in [3.8, 4) is 11.5 Å². The molecule has 1 aromatic carbocycles. The molecule has 4 nitrogen and oxygen atoms in total. The van der Waals surface area contributed by atoms with Crippen LogP contribution >= 0.6 is 11.3 Å². The van der Waals surface area contributed by atoms with E-state index in [1.54, 1.807) is 6.07 Å². The van der Waals surface area contributed by atoms with E-state index in [0.717, 1.165) is 10.6 Å². The van der Waals surface area contributed by atoms with E-state index >= 15 is 0 Å². The average Bonchev–Trinajstić information content (AvgIpc) is 2.78. The Morgan fingerprint density at radius 2 is 1.80 bits per heavy atom. The number of rotatable bonds is 6. The van der Waals surface area contributed by atoms with Gasteiger partial charge in [-0.2, -0.15) is 0 Å². The molecule has 5 heteroatoms. The Balaban J connectivity index is 1.84. The molecule has 0 bridgehead atoms. The third kappa shape index (κ3) is 3.74. The predicted molar refractivity (Wildman–Crippen MR) is 78.2 cm³/mol. The van der Waals surface area contributed by atoms with E-state index < -0.39 is 5.97 Å². The largest absolute Gasteiger partial charge is 0.490 e. The molecular weight excluding hydrogens is 276 g/mol. The van der Waals surface area contributed by atoms with Crippen LogP contribution in [0.15, 0.2) is 30.3 Å². The molecule has 106 valence electrons. The lowest BCUT2D eigenvalue weighted by Crippen LogP contribution is -2.10. The van der Waals surface area contributed by atoms with Crippen LogP contribution in [0.1, 0.15) is 20.1 Å². The summed E-state index contributed by atoms with van der Waals surface area (Å²) in [6, 6.07) is 9.47. The molecule has 1 N–H and O–H groups in total. The molecule has 2 aromatic rings. The highest BCUT2D eigenvalue weighted by Crippen LogP contribution is 2.28. The molecule has 1 aromatic heterocycles. The lowest BCUT2D eigenvalue weighted by atomic mass is 10.2. The van der Waals surface area contributed by atoms with Gasteiger partial charge in [0.05, 0.1) is 0 Å². The Labute approximate surface area is 121 Å². The predicted octanol–water partition coefficient (Wildman–Crippen LogP) is 3.52. The number of ether oxygens (including phenoxy) is 2. The standard InChI is InChI=1S/C15H16O4S/c1-10-3-5-12(6-4-10)18-7-8-19-13-9-11(2)20-14(13)15(16)17/h3-6,9H,7-8H2,1-2H3,(H,16,17). The molecule has 0 saturated heterocycles. The van der Waals surface area contributed by atoms with Crippen LogP contribution in [0.5, 0.6) is 11.5 Å². The van der Waals surface area contributed by atoms with Crippen molar-refractivity contribution >= 4 is 17.3 Å². The van der Waals surface area contributed by atoms with Crippen molar-refractivity contribution in [2.24, 2.45) is 0 Å². The lowest BCUT2D eigenvalue weighted by Gasteiger charge is -2.08. The molecule has 0 radical (unpaired) electrons. The second-order valence-electron chi connectivity index (χ2n) is 4.37. The highest BCUT2D eigenvalue weighted by molar-refractivity contribution is 7.14. The molecule has 0 saturated carbocycles. The van der Waals surface area contributed by atoms with Gasteiger partial charge in [0.2, 0.25) is 0 Å². The third-order valence-corrected chi connectivity index (χ3v) is 3.67. The van der Waals surface area contributed by atoms with E-state index in [9.17, 15) is 4.79 Å². The minimum atomic E-state index is -0.961. The normalized spacial score (nSPS) is 10.3. The van der Waals surface area contributed by atoms with Crippen molar-refractivity contribution in [1.29, 1.82) is 0 Å². The number of aromatic carboxylic acids is 1. The summed E-state index contributed by atoms with van der Waals surface area (Å²) in [4.78, 5) is 12.2. The number of carboxylic acids is 1. The van der Waals surface area contributed by atoms with Crippen molar-refractivity contribution < 1.29 is 19.4 Å². The summed E-state index contributed by atoms with van der Waals surface area (Å²) in [7, 11) is 0. The van der Waals surface area contributed by atoms with Crippen molar-refractivity contribution in [2.75, 3.05) is 13.2 Å². The van der Waals surface area contributed by atoms with Gasteiger partial charge in [0, 0.05) is 4.88 Å². The van der Waals surface area contributed by atoms with E-state index in [0.29, 0.717) is 19.0 Å². The highest BCUT2D eigenvalue weighted by atomic mass is 32.1. The summed E-state index contributed by atoms with van der Waals surface area (Å²) in [5.74, 6) is 0.226. The van der Waals surface area contributed by atoms with Crippen LogP contribution in [0, 0.1) is 13.8 Å². The van der Waals surface area contributed by atoms with Crippen LogP contribution in [-0.2, 0) is 0 Å². The van der Waals surface area contributed by atoms with Gasteiger partial charge in [-0.15, -0.1) is 11.3 Å². The molecule has 0 fully saturated rings. The van der Waals surface area contributed by atoms with Crippen LogP contribution in [0.3, 0.4) is 0 Å². The van der Waals surface area contributed by atoms with Crippen LogP contribution in [0.4, 0.5) is 0 Å². The first kappa shape index (κ1) is 14.4. The first-order chi connectivity index (χ1) is 9.56. The van der Waals surface area contributed by atoms with Crippen molar-refractivity contribution in [3.05, 3.63) is 45.6 Å². The van der Waals surface area contributed by atoms with Crippen molar-refractivity contribution in [3.63, 3.8) is 0 Å². The molecule has 0 aliphatic rings. The van der Waals surface area contributed by atoms with Gasteiger partial charge in [-0.05, 0) is 32.0 Å². The van der Waals surface area contributed by atoms with Gasteiger partial charge in [0.25, 0.3) is 0 Å². The van der Waals surface area contributed by atoms with Gasteiger partial charge in [-0.3, -0.25) is 0 Å². The van der Waals surface area contributed by atoms with Gasteiger partial charge in [0.1, 0.15) is 24.7 Å². The Kier molecular flexibility index (Phi) is 4.63. The average molecular weight is 292 g/mol. The minimum absolute atomic E-state index is 0.234. The van der Waals surface area contributed by atoms with Gasteiger partial charge in [0.15, 0.2) is 4.88 Å². The van der Waals surface area contributed by atoms with E-state index in [-0.39, 0.29) is 4.88 Å². The fourth-order valence-corrected chi connectivity index (χ4v) is 2.49. The maximum absolute atomic E-state index is 11.0. The number of thiophene rings is 1. The van der Waals surface area contributed by atoms with Gasteiger partial charge in [-0.25, -0.2) is 4.79 Å². The molecule has 0 amide bonds. The minimum Gasteiger partial charge on any atom is -0.490 e. The number of aryl methyl sites for hydroxylation is 2. The zero-order valence-corrected chi connectivity index (χ0v) is 12.2. The summed E-state index contributed by atoms with van der Waals surface area (Å²) in [6.07, 6.45) is 0. The lowest BCUT2D eigenvalue weighted by molar-refractivity contribution is 0.0697. The Morgan fingerprint density at radius 3 is 2.45 bits per heavy atom. The summed E-state index contributed by atoms with van der Waals surface area (Å²) in [6.45, 7) is 4.55. The summed E-state index contributed by atoms with van der Waals surface area (Å²) in [5, 5.41) is 9.04. The van der Waals surface area contributed by atoms with Crippen LogP contribution in [0.2, 0.25) is 0 Å². The summed E-state index contributed by atoms with van der Waals surface area (Å²) >= 11 is 1.21. The fourth-order valence-electron chi connectivity index (χ4n) is 1.69. The first-order valence-corrected chi connectivity index (χ1v) is 7.04. The third-order valence-electron chi connectivity index (χ3n) is 2.65. The van der Waals surface area contributed by atoms with Crippen LogP contribution < -0.4 is 9.47 Å². The maximum Gasteiger partial charge on any atom is 0.349 e. The maximum atomic E-state index is 11.0. The van der Waals surface area contributed by atoms with Crippen LogP contribution in [-0.4, -0.2) is 24.3 Å². The van der Waals surface area contributed by atoms with Gasteiger partial charge >= 0.3 is 5.97 Å². The summed E-state index contributed by atoms with van der Waals surface area (Å²) in [5.41, 5.74) is 1.17. The molecule has 0 aliphatic carbocycles. The number of hydrogen-bond donors (Lipinski definition) is 1. The van der Waals surface area contributed by atoms with Crippen molar-refractivity contribution in [2.45, 2.75) is 13.8 Å². The first-order valence-electron chi connectivity index (χ1n) is 6.22. The van der Waals surface area contributed by atoms with E-state index in [4.69, 9.17) is 14.6 Å². The van der Waals surface area contributed by atoms with E-state index in [2.05, 4.69) is 0 Å². The number of carboxylic acid groups (broad SMARTS) is 1. The van der Waals surface area contributed by atoms with E-state index in [1.807, 2.05) is 38.1 Å². The summed E-state index contributed by atoms with van der Waals surface area (Å²) < 4.78 is 11.0. The molecule has 0 spiro atoms. The SMILES string of the molecule is Cc1ccc(OCCOc2cc(C)sc2C(=O)O)cc1. The fraction of sp³-hybridized carbons (Fsp3) is 0.267. The molecule has 0 unspecified atom stereocenters. The number of carbonyl (C=O) groups is 1. The quantitative estimate of drug-likeness (QED) is 0.828. The zero-order valence-electron chi connectivity index (χ0n) is 11.4. The van der Waals surface area contributed by atoms with E-state index in [1.165, 1.54) is 16.9 Å².